The number of nitrogens with one attached hydrogen (secondary N) is 3. The number of nitrogens with zero attached hydrogens (tertiary/aromatic N) is 2. The molecule has 1 aliphatic rings. The van der Waals surface area contributed by atoms with Crippen molar-refractivity contribution in [1.82, 2.24) is 15.6 Å². The van der Waals surface area contributed by atoms with Gasteiger partial charge in [-0.25, -0.2) is 26.6 Å². The van der Waals surface area contributed by atoms with Gasteiger partial charge in [0.15, 0.2) is 10.7 Å². The molecule has 3 rings (SSSR count). The summed E-state index contributed by atoms with van der Waals surface area (Å²) in [4.78, 5) is 7.01. The van der Waals surface area contributed by atoms with E-state index in [4.69, 9.17) is 4.74 Å². The highest BCUT2D eigenvalue weighted by molar-refractivity contribution is 7.92. The zero-order chi connectivity index (χ0) is 26.6. The third-order valence-electron chi connectivity index (χ3n) is 5.92. The van der Waals surface area contributed by atoms with Crippen LogP contribution >= 0.6 is 0 Å². The Morgan fingerprint density at radius 2 is 2.00 bits per heavy atom. The number of anilines is 1. The van der Waals surface area contributed by atoms with Crippen LogP contribution in [0.1, 0.15) is 38.2 Å². The van der Waals surface area contributed by atoms with Gasteiger partial charge in [0.2, 0.25) is 5.88 Å². The molecule has 0 radical (unpaired) electrons. The lowest BCUT2D eigenvalue weighted by atomic mass is 9.88. The molecule has 12 heteroatoms. The third-order valence-corrected chi connectivity index (χ3v) is 7.28. The van der Waals surface area contributed by atoms with E-state index in [1.807, 2.05) is 6.92 Å². The maximum absolute atomic E-state index is 15.4. The number of pyridine rings is 1. The van der Waals surface area contributed by atoms with Crippen LogP contribution in [-0.2, 0) is 10.0 Å². The number of benzene rings is 1. The van der Waals surface area contributed by atoms with Gasteiger partial charge < -0.3 is 15.4 Å². The number of methoxy groups -OCH3 is 1. The molecule has 1 saturated heterocycles. The fourth-order valence-corrected chi connectivity index (χ4v) is 5.04. The second kappa shape index (κ2) is 11.0. The Hall–Kier alpha value is -3.54. The number of rotatable bonds is 7. The lowest BCUT2D eigenvalue weighted by molar-refractivity contribution is 0.382. The molecule has 0 aliphatic carbocycles. The summed E-state index contributed by atoms with van der Waals surface area (Å²) in [5, 5.41) is 6.29. The number of allylic oxidation sites excluding steroid dienone is 2. The summed E-state index contributed by atoms with van der Waals surface area (Å²) < 4.78 is 76.4. The molecule has 0 amide bonds. The Morgan fingerprint density at radius 1 is 1.28 bits per heavy atom. The lowest BCUT2D eigenvalue weighted by Crippen LogP contribution is -2.30. The van der Waals surface area contributed by atoms with Crippen LogP contribution in [0.15, 0.2) is 57.8 Å². The molecule has 1 fully saturated rings. The summed E-state index contributed by atoms with van der Waals surface area (Å²) in [5.41, 5.74) is 1.71. The highest BCUT2D eigenvalue weighted by Crippen LogP contribution is 2.35. The first-order valence-corrected chi connectivity index (χ1v) is 12.5. The number of hydrogen-bond donors (Lipinski definition) is 3. The third kappa shape index (κ3) is 5.81. The SMILES string of the molecule is C=C(NC(C)=NC)/C(C)=C1\CC[C@@H](c2c(F)ccc(NS(=O)(=O)c3cc(F)cnc3OC)c2F)CN1. The van der Waals surface area contributed by atoms with E-state index < -0.39 is 44.0 Å². The average molecular weight is 524 g/mol. The number of hydrogen-bond acceptors (Lipinski definition) is 6. The van der Waals surface area contributed by atoms with Crippen LogP contribution in [0.2, 0.25) is 0 Å². The van der Waals surface area contributed by atoms with Gasteiger partial charge in [-0.3, -0.25) is 9.71 Å². The highest BCUT2D eigenvalue weighted by Gasteiger charge is 2.29. The molecule has 0 bridgehead atoms. The molecule has 3 N–H and O–H groups in total. The van der Waals surface area contributed by atoms with Crippen molar-refractivity contribution in [3.05, 3.63) is 71.0 Å². The van der Waals surface area contributed by atoms with Gasteiger partial charge in [-0.2, -0.15) is 0 Å². The van der Waals surface area contributed by atoms with Crippen molar-refractivity contribution in [3.63, 3.8) is 0 Å². The summed E-state index contributed by atoms with van der Waals surface area (Å²) in [5.74, 6) is -2.98. The molecule has 1 aromatic heterocycles. The fraction of sp³-hybridized carbons (Fsp3) is 0.333. The molecule has 2 aromatic rings. The smallest absolute Gasteiger partial charge is 0.267 e. The van der Waals surface area contributed by atoms with Gasteiger partial charge in [0.05, 0.1) is 24.8 Å². The Kier molecular flexibility index (Phi) is 8.28. The van der Waals surface area contributed by atoms with Crippen LogP contribution in [-0.4, -0.2) is 39.9 Å². The van der Waals surface area contributed by atoms with E-state index in [1.54, 1.807) is 14.0 Å². The summed E-state index contributed by atoms with van der Waals surface area (Å²) in [6.07, 6.45) is 1.71. The fourth-order valence-electron chi connectivity index (χ4n) is 3.85. The van der Waals surface area contributed by atoms with Gasteiger partial charge in [0.25, 0.3) is 10.0 Å². The van der Waals surface area contributed by atoms with Gasteiger partial charge in [-0.15, -0.1) is 0 Å². The monoisotopic (exact) mass is 523 g/mol. The number of amidine groups is 1. The van der Waals surface area contributed by atoms with E-state index >= 15 is 4.39 Å². The van der Waals surface area contributed by atoms with Gasteiger partial charge in [-0.1, -0.05) is 6.58 Å². The number of piperidine rings is 1. The Balaban J connectivity index is 1.85. The molecule has 1 aromatic carbocycles. The summed E-state index contributed by atoms with van der Waals surface area (Å²) >= 11 is 0. The molecular weight excluding hydrogens is 495 g/mol. The molecule has 0 saturated carbocycles. The van der Waals surface area contributed by atoms with E-state index in [0.717, 1.165) is 29.6 Å². The van der Waals surface area contributed by atoms with Crippen molar-refractivity contribution >= 4 is 21.5 Å². The first-order chi connectivity index (χ1) is 17.0. The zero-order valence-electron chi connectivity index (χ0n) is 20.4. The number of aromatic nitrogens is 1. The molecule has 1 aliphatic heterocycles. The van der Waals surface area contributed by atoms with Crippen LogP contribution in [0.5, 0.6) is 5.88 Å². The van der Waals surface area contributed by atoms with Gasteiger partial charge >= 0.3 is 0 Å². The van der Waals surface area contributed by atoms with Crippen molar-refractivity contribution in [2.45, 2.75) is 37.5 Å². The Labute approximate surface area is 208 Å². The lowest BCUT2D eigenvalue weighted by Gasteiger charge is -2.29. The first kappa shape index (κ1) is 27.1. The minimum atomic E-state index is -4.49. The van der Waals surface area contributed by atoms with Gasteiger partial charge in [-0.05, 0) is 44.4 Å². The van der Waals surface area contributed by atoms with E-state index in [1.165, 1.54) is 7.11 Å². The van der Waals surface area contributed by atoms with E-state index in [0.29, 0.717) is 30.4 Å². The van der Waals surface area contributed by atoms with Crippen molar-refractivity contribution in [2.24, 2.45) is 4.99 Å². The van der Waals surface area contributed by atoms with Gasteiger partial charge in [0.1, 0.15) is 11.6 Å². The highest BCUT2D eigenvalue weighted by atomic mass is 32.2. The van der Waals surface area contributed by atoms with Crippen molar-refractivity contribution in [1.29, 1.82) is 0 Å². The van der Waals surface area contributed by atoms with Crippen molar-refractivity contribution < 1.29 is 26.3 Å². The maximum atomic E-state index is 15.4. The van der Waals surface area contributed by atoms with Crippen LogP contribution in [0.25, 0.3) is 0 Å². The second-order valence-electron chi connectivity index (χ2n) is 8.22. The van der Waals surface area contributed by atoms with E-state index in [-0.39, 0.29) is 18.0 Å². The second-order valence-corrected chi connectivity index (χ2v) is 9.87. The topological polar surface area (TPSA) is 105 Å². The molecule has 0 unspecified atom stereocenters. The van der Waals surface area contributed by atoms with Gasteiger partial charge in [0, 0.05) is 42.5 Å². The molecule has 194 valence electrons. The number of halogens is 3. The van der Waals surface area contributed by atoms with Crippen molar-refractivity contribution in [2.75, 3.05) is 25.4 Å². The average Bonchev–Trinajstić information content (AvgIpc) is 2.85. The van der Waals surface area contributed by atoms with E-state index in [2.05, 4.69) is 31.9 Å². The molecule has 2 heterocycles. The predicted octanol–water partition coefficient (Wildman–Crippen LogP) is 4.20. The first-order valence-electron chi connectivity index (χ1n) is 11.0. The minimum Gasteiger partial charge on any atom is -0.480 e. The largest absolute Gasteiger partial charge is 0.480 e. The van der Waals surface area contributed by atoms with Crippen LogP contribution in [0, 0.1) is 17.5 Å². The standard InChI is InChI=1S/C24H28F3N5O3S/c1-13(14(2)31-15(3)28-4)19-8-6-16(11-29-19)22-18(26)7-9-20(23(22)27)32-36(33,34)21-10-17(25)12-30-24(21)35-5/h7,9-10,12,16,29,32H,2,6,8,11H2,1,3-5H3,(H,28,31)/b19-13+/t16-/m1/s1. The number of aliphatic imine (C=N–C) groups is 1. The quantitative estimate of drug-likeness (QED) is 0.371. The maximum Gasteiger partial charge on any atom is 0.267 e. The van der Waals surface area contributed by atoms with Crippen LogP contribution in [0.4, 0.5) is 18.9 Å². The number of ether oxygens (including phenoxy) is 1. The zero-order valence-corrected chi connectivity index (χ0v) is 21.2. The molecule has 8 nitrogen and oxygen atoms in total. The predicted molar refractivity (Wildman–Crippen MR) is 132 cm³/mol. The molecule has 36 heavy (non-hydrogen) atoms. The Bertz CT molecular complexity index is 1330. The normalized spacial score (nSPS) is 17.8. The summed E-state index contributed by atoms with van der Waals surface area (Å²) in [6.45, 7) is 7.92. The number of sulfonamides is 1. The Morgan fingerprint density at radius 3 is 2.61 bits per heavy atom. The van der Waals surface area contributed by atoms with Crippen LogP contribution in [0.3, 0.4) is 0 Å². The van der Waals surface area contributed by atoms with Crippen LogP contribution < -0.4 is 20.1 Å². The molecule has 1 atom stereocenters. The molecular formula is C24H28F3N5O3S. The molecule has 0 spiro atoms. The summed E-state index contributed by atoms with van der Waals surface area (Å²) in [7, 11) is -1.67. The van der Waals surface area contributed by atoms with E-state index in [9.17, 15) is 17.2 Å². The minimum absolute atomic E-state index is 0.229. The van der Waals surface area contributed by atoms with Crippen molar-refractivity contribution in [3.8, 4) is 5.88 Å². The summed E-state index contributed by atoms with van der Waals surface area (Å²) in [6, 6.07) is 2.67.